The fourth-order valence-electron chi connectivity index (χ4n) is 3.70. The molecule has 4 rings (SSSR count). The van der Waals surface area contributed by atoms with Gasteiger partial charge in [0.25, 0.3) is 17.5 Å². The van der Waals surface area contributed by atoms with Gasteiger partial charge in [-0.1, -0.05) is 29.8 Å². The lowest BCUT2D eigenvalue weighted by atomic mass is 10.0. The van der Waals surface area contributed by atoms with E-state index in [2.05, 4.69) is 15.6 Å². The molecule has 0 aliphatic carbocycles. The number of nitro groups is 1. The fourth-order valence-corrected chi connectivity index (χ4v) is 3.87. The summed E-state index contributed by atoms with van der Waals surface area (Å²) in [7, 11) is 0. The van der Waals surface area contributed by atoms with Crippen molar-refractivity contribution in [3.63, 3.8) is 0 Å². The van der Waals surface area contributed by atoms with E-state index in [-0.39, 0.29) is 28.4 Å². The van der Waals surface area contributed by atoms with Gasteiger partial charge in [0, 0.05) is 41.2 Å². The Morgan fingerprint density at radius 1 is 1.08 bits per heavy atom. The van der Waals surface area contributed by atoms with Crippen LogP contribution in [0.5, 0.6) is 0 Å². The molecule has 1 aromatic heterocycles. The van der Waals surface area contributed by atoms with Gasteiger partial charge in [-0.3, -0.25) is 19.7 Å². The molecule has 4 aromatic rings. The summed E-state index contributed by atoms with van der Waals surface area (Å²) in [6.45, 7) is -0.741. The Hall–Kier alpha value is -4.77. The first-order valence-corrected chi connectivity index (χ1v) is 11.6. The molecule has 2 amide bonds. The van der Waals surface area contributed by atoms with Crippen LogP contribution in [-0.2, 0) is 20.7 Å². The van der Waals surface area contributed by atoms with E-state index in [1.54, 1.807) is 6.20 Å². The first-order chi connectivity index (χ1) is 18.2. The normalized spacial score (nSPS) is 11.5. The molecule has 0 fully saturated rings. The highest BCUT2D eigenvalue weighted by molar-refractivity contribution is 6.33. The van der Waals surface area contributed by atoms with Crippen LogP contribution in [0.2, 0.25) is 5.02 Å². The number of halogens is 2. The van der Waals surface area contributed by atoms with E-state index >= 15 is 0 Å². The molecule has 10 nitrogen and oxygen atoms in total. The van der Waals surface area contributed by atoms with Gasteiger partial charge in [0.2, 0.25) is 0 Å². The average Bonchev–Trinajstić information content (AvgIpc) is 3.31. The van der Waals surface area contributed by atoms with Crippen molar-refractivity contribution in [3.8, 4) is 0 Å². The summed E-state index contributed by atoms with van der Waals surface area (Å²) in [4.78, 5) is 51.6. The lowest BCUT2D eigenvalue weighted by Crippen LogP contribution is -2.44. The van der Waals surface area contributed by atoms with Crippen LogP contribution < -0.4 is 10.6 Å². The first kappa shape index (κ1) is 26.3. The number of carbonyl (C=O) groups excluding carboxylic acids is 3. The molecule has 1 heterocycles. The Labute approximate surface area is 219 Å². The van der Waals surface area contributed by atoms with Crippen molar-refractivity contribution < 1.29 is 28.4 Å². The van der Waals surface area contributed by atoms with Gasteiger partial charge >= 0.3 is 5.97 Å². The van der Waals surface area contributed by atoms with Gasteiger partial charge in [0.15, 0.2) is 6.61 Å². The average molecular weight is 539 g/mol. The quantitative estimate of drug-likeness (QED) is 0.164. The number of para-hydroxylation sites is 1. The molecule has 3 N–H and O–H groups in total. The number of anilines is 1. The van der Waals surface area contributed by atoms with Crippen LogP contribution in [0.4, 0.5) is 15.8 Å². The third-order valence-corrected chi connectivity index (χ3v) is 5.91. The number of H-pyrrole nitrogens is 1. The standard InChI is InChI=1S/C26H20ClFN4O6/c27-20-10-9-18(32(36)37)12-22(20)30-24(33)14-38-26(35)23(31-25(34)15-5-7-17(28)8-6-15)11-16-13-29-21-4-2-1-3-19(16)21/h1-10,12-13,23,29H,11,14H2,(H,30,33)(H,31,34)/t23-/m0/s1. The summed E-state index contributed by atoms with van der Waals surface area (Å²) in [6.07, 6.45) is 1.74. The van der Waals surface area contributed by atoms with Crippen LogP contribution in [0.3, 0.4) is 0 Å². The highest BCUT2D eigenvalue weighted by Gasteiger charge is 2.26. The Morgan fingerprint density at radius 2 is 1.82 bits per heavy atom. The van der Waals surface area contributed by atoms with E-state index in [0.717, 1.165) is 34.7 Å². The number of nitro benzene ring substituents is 1. The van der Waals surface area contributed by atoms with E-state index in [1.807, 2.05) is 24.3 Å². The van der Waals surface area contributed by atoms with Gasteiger partial charge < -0.3 is 20.4 Å². The van der Waals surface area contributed by atoms with Crippen LogP contribution >= 0.6 is 11.6 Å². The summed E-state index contributed by atoms with van der Waals surface area (Å²) in [5, 5.41) is 16.8. The molecule has 0 saturated heterocycles. The zero-order valence-electron chi connectivity index (χ0n) is 19.6. The molecule has 0 radical (unpaired) electrons. The van der Waals surface area contributed by atoms with Crippen molar-refractivity contribution in [2.75, 3.05) is 11.9 Å². The maximum atomic E-state index is 13.3. The molecule has 3 aromatic carbocycles. The Morgan fingerprint density at radius 3 is 2.55 bits per heavy atom. The number of ether oxygens (including phenoxy) is 1. The highest BCUT2D eigenvalue weighted by Crippen LogP contribution is 2.26. The van der Waals surface area contributed by atoms with Crippen molar-refractivity contribution >= 4 is 51.7 Å². The van der Waals surface area contributed by atoms with Gasteiger partial charge in [0.05, 0.1) is 15.6 Å². The molecule has 194 valence electrons. The minimum Gasteiger partial charge on any atom is -0.454 e. The van der Waals surface area contributed by atoms with E-state index < -0.39 is 41.2 Å². The van der Waals surface area contributed by atoms with Gasteiger partial charge in [-0.2, -0.15) is 0 Å². The summed E-state index contributed by atoms with van der Waals surface area (Å²) < 4.78 is 18.4. The molecule has 0 saturated carbocycles. The van der Waals surface area contributed by atoms with E-state index in [0.29, 0.717) is 0 Å². The number of esters is 1. The fraction of sp³-hybridized carbons (Fsp3) is 0.115. The minimum absolute atomic E-state index is 0.0260. The molecule has 1 atom stereocenters. The Bertz CT molecular complexity index is 1520. The summed E-state index contributed by atoms with van der Waals surface area (Å²) in [6, 6.07) is 14.5. The molecular weight excluding hydrogens is 519 g/mol. The molecule has 0 spiro atoms. The van der Waals surface area contributed by atoms with Crippen molar-refractivity contribution in [2.24, 2.45) is 0 Å². The monoisotopic (exact) mass is 538 g/mol. The lowest BCUT2D eigenvalue weighted by molar-refractivity contribution is -0.384. The van der Waals surface area contributed by atoms with Crippen molar-refractivity contribution in [1.29, 1.82) is 0 Å². The number of aromatic nitrogens is 1. The van der Waals surface area contributed by atoms with E-state index in [9.17, 15) is 28.9 Å². The molecule has 12 heteroatoms. The second kappa shape index (κ2) is 11.5. The largest absolute Gasteiger partial charge is 0.454 e. The smallest absolute Gasteiger partial charge is 0.329 e. The maximum absolute atomic E-state index is 13.3. The number of rotatable bonds is 9. The molecule has 0 aliphatic rings. The SMILES string of the molecule is O=C(COC(=O)[C@H](Cc1c[nH]c2ccccc12)NC(=O)c1ccc(F)cc1)Nc1cc([N+](=O)[O-])ccc1Cl. The second-order valence-corrected chi connectivity index (χ2v) is 8.58. The highest BCUT2D eigenvalue weighted by atomic mass is 35.5. The number of nitrogens with one attached hydrogen (secondary N) is 3. The van der Waals surface area contributed by atoms with Crippen LogP contribution in [-0.4, -0.2) is 40.3 Å². The molecule has 38 heavy (non-hydrogen) atoms. The lowest BCUT2D eigenvalue weighted by Gasteiger charge is -2.18. The van der Waals surface area contributed by atoms with Crippen LogP contribution in [0.25, 0.3) is 10.9 Å². The number of hydrogen-bond donors (Lipinski definition) is 3. The first-order valence-electron chi connectivity index (χ1n) is 11.2. The summed E-state index contributed by atoms with van der Waals surface area (Å²) >= 11 is 5.99. The number of carbonyl (C=O) groups is 3. The van der Waals surface area contributed by atoms with Crippen molar-refractivity contribution in [1.82, 2.24) is 10.3 Å². The number of nitrogens with zero attached hydrogens (tertiary/aromatic N) is 1. The van der Waals surface area contributed by atoms with Crippen LogP contribution in [0, 0.1) is 15.9 Å². The van der Waals surface area contributed by atoms with Crippen molar-refractivity contribution in [3.05, 3.63) is 105 Å². The topological polar surface area (TPSA) is 143 Å². The Balaban J connectivity index is 1.48. The third-order valence-electron chi connectivity index (χ3n) is 5.58. The zero-order chi connectivity index (χ0) is 27.2. The van der Waals surface area contributed by atoms with Crippen LogP contribution in [0.1, 0.15) is 15.9 Å². The number of amides is 2. The predicted molar refractivity (Wildman–Crippen MR) is 137 cm³/mol. The second-order valence-electron chi connectivity index (χ2n) is 8.17. The predicted octanol–water partition coefficient (Wildman–Crippen LogP) is 4.39. The van der Waals surface area contributed by atoms with Crippen LogP contribution in [0.15, 0.2) is 72.9 Å². The third kappa shape index (κ3) is 6.31. The zero-order valence-corrected chi connectivity index (χ0v) is 20.3. The van der Waals surface area contributed by atoms with Gasteiger partial charge in [-0.25, -0.2) is 9.18 Å². The van der Waals surface area contributed by atoms with Gasteiger partial charge in [-0.05, 0) is 42.0 Å². The number of benzene rings is 3. The number of non-ortho nitro benzene ring substituents is 1. The number of hydrogen-bond acceptors (Lipinski definition) is 6. The Kier molecular flexibility index (Phi) is 7.97. The van der Waals surface area contributed by atoms with E-state index in [4.69, 9.17) is 16.3 Å². The molecule has 0 bridgehead atoms. The molecule has 0 aliphatic heterocycles. The molecule has 0 unspecified atom stereocenters. The minimum atomic E-state index is -1.19. The van der Waals surface area contributed by atoms with Gasteiger partial charge in [-0.15, -0.1) is 0 Å². The number of aromatic amines is 1. The summed E-state index contributed by atoms with van der Waals surface area (Å²) in [5.74, 6) is -2.85. The molecular formula is C26H20ClFN4O6. The maximum Gasteiger partial charge on any atom is 0.329 e. The van der Waals surface area contributed by atoms with E-state index in [1.165, 1.54) is 24.3 Å². The van der Waals surface area contributed by atoms with Gasteiger partial charge in [0.1, 0.15) is 11.9 Å². The van der Waals surface area contributed by atoms with Crippen molar-refractivity contribution in [2.45, 2.75) is 12.5 Å². The summed E-state index contributed by atoms with van der Waals surface area (Å²) in [5.41, 5.74) is 1.36. The number of fused-ring (bicyclic) bond motifs is 1.